The second-order valence-corrected chi connectivity index (χ2v) is 20.2. The van der Waals surface area contributed by atoms with Gasteiger partial charge in [-0.1, -0.05) is 222 Å². The molecule has 3 N–H and O–H groups in total. The number of ether oxygens (including phenoxy) is 5. The van der Waals surface area contributed by atoms with E-state index >= 15 is 0 Å². The first kappa shape index (κ1) is 76.6. The topological polar surface area (TPSA) is 175 Å². The van der Waals surface area contributed by atoms with Crippen molar-refractivity contribution < 1.29 is 58.2 Å². The molecule has 0 aromatic carbocycles. The Morgan fingerprint density at radius 1 is 0.388 bits per heavy atom. The lowest BCUT2D eigenvalue weighted by molar-refractivity contribution is -0.301. The molecule has 12 nitrogen and oxygen atoms in total. The highest BCUT2D eigenvalue weighted by Gasteiger charge is 2.50. The van der Waals surface area contributed by atoms with Crippen LogP contribution < -0.4 is 0 Å². The van der Waals surface area contributed by atoms with Gasteiger partial charge in [0.25, 0.3) is 0 Å². The second kappa shape index (κ2) is 58.0. The van der Waals surface area contributed by atoms with Gasteiger partial charge in [-0.25, -0.2) is 4.79 Å². The van der Waals surface area contributed by atoms with E-state index in [1.54, 1.807) is 0 Å². The standard InChI is InChI=1S/C73H106O12/c1-4-7-10-13-16-19-22-25-28-31-33-36-38-41-44-47-50-53-56-59-65(74)81-62-64(83-66(75)60-57-54-51-48-45-42-39-35-30-27-24-21-18-15-12-9-6-3)63-82-73-71(69(78)68(77)70(85-73)72(79)80)84-67(76)61-58-55-52-49-46-43-40-37-34-32-29-26-23-20-17-14-11-8-5-2/h7-12,16-21,25-30,33-34,36-37,39,41-44,46,48,51-52,55,64,68-71,73,77-78H,4-6,13-15,22-24,31-32,35,38,40,45,47,49-50,53-54,56-63H2,1-3H3,(H,79,80)/b10-7-,11-8-,12-9-,19-16-,20-17-,21-18-,28-25-,29-26-,30-27-,36-33-,37-34-,42-39-,44-41-,46-43-,51-48-,55-52-. The summed E-state index contributed by atoms with van der Waals surface area (Å²) < 4.78 is 28.3. The van der Waals surface area contributed by atoms with E-state index in [-0.39, 0.29) is 25.9 Å². The highest BCUT2D eigenvalue weighted by molar-refractivity contribution is 5.74. The fourth-order valence-corrected chi connectivity index (χ4v) is 7.98. The van der Waals surface area contributed by atoms with E-state index in [1.807, 2.05) is 30.4 Å². The predicted molar refractivity (Wildman–Crippen MR) is 348 cm³/mol. The van der Waals surface area contributed by atoms with Gasteiger partial charge in [-0.2, -0.15) is 0 Å². The molecule has 1 aliphatic heterocycles. The molecule has 1 rings (SSSR count). The highest BCUT2D eigenvalue weighted by atomic mass is 16.7. The third-order valence-corrected chi connectivity index (χ3v) is 12.7. The van der Waals surface area contributed by atoms with Crippen LogP contribution in [0.2, 0.25) is 0 Å². The lowest BCUT2D eigenvalue weighted by Crippen LogP contribution is -2.61. The zero-order chi connectivity index (χ0) is 61.7. The molecule has 0 aliphatic carbocycles. The number of carbonyl (C=O) groups is 4. The summed E-state index contributed by atoms with van der Waals surface area (Å²) in [5, 5.41) is 31.6. The van der Waals surface area contributed by atoms with Crippen LogP contribution in [0.4, 0.5) is 0 Å². The number of hydrogen-bond acceptors (Lipinski definition) is 11. The number of aliphatic carboxylic acids is 1. The van der Waals surface area contributed by atoms with Crippen LogP contribution in [0, 0.1) is 0 Å². The number of unbranched alkanes of at least 4 members (excludes halogenated alkanes) is 4. The SMILES string of the molecule is CC/C=C\C/C=C\C/C=C\C/C=C\C/C=C\C/C=C\CCC(=O)OC1C(OCC(COC(=O)CCCCC/C=C\C/C=C\C/C=C\C/C=C\C/C=C\CC)OC(=O)CCC/C=C\C/C=C\C/C=C\C/C=C\C/C=C\CC)OC(C(=O)O)C(O)C1O. The van der Waals surface area contributed by atoms with Gasteiger partial charge >= 0.3 is 23.9 Å². The molecular formula is C73H106O12. The normalized spacial score (nSPS) is 18.8. The summed E-state index contributed by atoms with van der Waals surface area (Å²) in [4.78, 5) is 51.3. The van der Waals surface area contributed by atoms with Crippen molar-refractivity contribution in [2.24, 2.45) is 0 Å². The van der Waals surface area contributed by atoms with E-state index in [1.165, 1.54) is 0 Å². The number of carboxylic acid groups (broad SMARTS) is 1. The van der Waals surface area contributed by atoms with E-state index in [4.69, 9.17) is 23.7 Å². The zero-order valence-electron chi connectivity index (χ0n) is 51.8. The molecule has 470 valence electrons. The van der Waals surface area contributed by atoms with Gasteiger partial charge in [-0.05, 0) is 141 Å². The molecule has 0 amide bonds. The molecule has 1 fully saturated rings. The van der Waals surface area contributed by atoms with E-state index in [0.717, 1.165) is 116 Å². The first-order chi connectivity index (χ1) is 41.6. The Morgan fingerprint density at radius 2 is 0.741 bits per heavy atom. The summed E-state index contributed by atoms with van der Waals surface area (Å²) in [6.07, 6.45) is 76.9. The van der Waals surface area contributed by atoms with Crippen molar-refractivity contribution in [1.82, 2.24) is 0 Å². The van der Waals surface area contributed by atoms with E-state index in [9.17, 15) is 34.5 Å². The molecule has 0 bridgehead atoms. The highest BCUT2D eigenvalue weighted by Crippen LogP contribution is 2.26. The number of esters is 3. The van der Waals surface area contributed by atoms with Crippen LogP contribution in [0.15, 0.2) is 194 Å². The van der Waals surface area contributed by atoms with E-state index in [0.29, 0.717) is 32.1 Å². The Kier molecular flexibility index (Phi) is 52.2. The molecule has 6 atom stereocenters. The van der Waals surface area contributed by atoms with Crippen LogP contribution in [-0.2, 0) is 42.9 Å². The zero-order valence-corrected chi connectivity index (χ0v) is 51.8. The minimum atomic E-state index is -1.96. The van der Waals surface area contributed by atoms with Crippen molar-refractivity contribution in [3.8, 4) is 0 Å². The lowest BCUT2D eigenvalue weighted by atomic mass is 9.98. The molecular weight excluding hydrogens is 1070 g/mol. The fraction of sp³-hybridized carbons (Fsp3) is 0.507. The number of hydrogen-bond donors (Lipinski definition) is 3. The van der Waals surface area contributed by atoms with Crippen LogP contribution >= 0.6 is 0 Å². The summed E-state index contributed by atoms with van der Waals surface area (Å²) >= 11 is 0. The Hall–Kier alpha value is -6.44. The molecule has 0 saturated carbocycles. The summed E-state index contributed by atoms with van der Waals surface area (Å²) in [5.41, 5.74) is 0. The van der Waals surface area contributed by atoms with Gasteiger partial charge in [-0.15, -0.1) is 0 Å². The second-order valence-electron chi connectivity index (χ2n) is 20.2. The van der Waals surface area contributed by atoms with Gasteiger partial charge in [0.1, 0.15) is 18.8 Å². The van der Waals surface area contributed by atoms with Crippen molar-refractivity contribution >= 4 is 23.9 Å². The molecule has 12 heteroatoms. The molecule has 1 aliphatic rings. The molecule has 6 unspecified atom stereocenters. The molecule has 85 heavy (non-hydrogen) atoms. The van der Waals surface area contributed by atoms with Crippen molar-refractivity contribution in [3.05, 3.63) is 194 Å². The fourth-order valence-electron chi connectivity index (χ4n) is 7.98. The van der Waals surface area contributed by atoms with Crippen LogP contribution in [-0.4, -0.2) is 89.2 Å². The average molecular weight is 1180 g/mol. The summed E-state index contributed by atoms with van der Waals surface area (Å²) in [5.74, 6) is -3.40. The average Bonchev–Trinajstić information content (AvgIpc) is 2.79. The number of allylic oxidation sites excluding steroid dienone is 32. The van der Waals surface area contributed by atoms with Crippen LogP contribution in [0.1, 0.15) is 188 Å². The van der Waals surface area contributed by atoms with E-state index < -0.39 is 67.3 Å². The maximum atomic E-state index is 13.2. The number of aliphatic hydroxyl groups excluding tert-OH is 2. The van der Waals surface area contributed by atoms with Gasteiger partial charge in [0.2, 0.25) is 0 Å². The van der Waals surface area contributed by atoms with Gasteiger partial charge in [0.05, 0.1) is 6.61 Å². The largest absolute Gasteiger partial charge is 0.479 e. The molecule has 0 aromatic heterocycles. The van der Waals surface area contributed by atoms with Crippen LogP contribution in [0.5, 0.6) is 0 Å². The first-order valence-electron chi connectivity index (χ1n) is 31.4. The molecule has 0 spiro atoms. The third-order valence-electron chi connectivity index (χ3n) is 12.7. The Balaban J connectivity index is 2.80. The number of carbonyl (C=O) groups excluding carboxylic acids is 3. The number of rotatable bonds is 50. The van der Waals surface area contributed by atoms with Crippen LogP contribution in [0.3, 0.4) is 0 Å². The number of aliphatic hydroxyl groups is 2. The van der Waals surface area contributed by atoms with Crippen molar-refractivity contribution in [3.63, 3.8) is 0 Å². The Labute approximate surface area is 512 Å². The smallest absolute Gasteiger partial charge is 0.335 e. The third kappa shape index (κ3) is 47.5. The Bertz CT molecular complexity index is 2230. The van der Waals surface area contributed by atoms with Gasteiger partial charge in [0, 0.05) is 19.3 Å². The first-order valence-corrected chi connectivity index (χ1v) is 31.4. The van der Waals surface area contributed by atoms with Crippen molar-refractivity contribution in [2.75, 3.05) is 13.2 Å². The molecule has 0 aromatic rings. The summed E-state index contributed by atoms with van der Waals surface area (Å²) in [6.45, 7) is 5.53. The van der Waals surface area contributed by atoms with E-state index in [2.05, 4.69) is 185 Å². The molecule has 1 heterocycles. The lowest BCUT2D eigenvalue weighted by Gasteiger charge is -2.40. The monoisotopic (exact) mass is 1170 g/mol. The quantitative estimate of drug-likeness (QED) is 0.0228. The van der Waals surface area contributed by atoms with Gasteiger partial charge < -0.3 is 39.0 Å². The minimum Gasteiger partial charge on any atom is -0.479 e. The van der Waals surface area contributed by atoms with Crippen LogP contribution in [0.25, 0.3) is 0 Å². The predicted octanol–water partition coefficient (Wildman–Crippen LogP) is 17.0. The Morgan fingerprint density at radius 3 is 1.13 bits per heavy atom. The molecule has 1 saturated heterocycles. The summed E-state index contributed by atoms with van der Waals surface area (Å²) in [7, 11) is 0. The van der Waals surface area contributed by atoms with Gasteiger partial charge in [-0.3, -0.25) is 14.4 Å². The minimum absolute atomic E-state index is 0.0551. The maximum Gasteiger partial charge on any atom is 0.335 e. The van der Waals surface area contributed by atoms with Crippen molar-refractivity contribution in [1.29, 1.82) is 0 Å². The maximum absolute atomic E-state index is 13.2. The molecule has 0 radical (unpaired) electrons. The van der Waals surface area contributed by atoms with Crippen molar-refractivity contribution in [2.45, 2.75) is 225 Å². The number of carboxylic acids is 1. The summed E-state index contributed by atoms with van der Waals surface area (Å²) in [6, 6.07) is 0. The van der Waals surface area contributed by atoms with Gasteiger partial charge in [0.15, 0.2) is 24.6 Å².